The zero-order valence-corrected chi connectivity index (χ0v) is 20.1. The summed E-state index contributed by atoms with van der Waals surface area (Å²) >= 11 is 0. The molecular formula is C23H27N7O3S. The number of H-pyrrole nitrogens is 1. The second kappa shape index (κ2) is 8.80. The molecule has 3 aromatic heterocycles. The van der Waals surface area contributed by atoms with E-state index in [0.717, 1.165) is 22.0 Å². The molecule has 1 aliphatic heterocycles. The van der Waals surface area contributed by atoms with Crippen molar-refractivity contribution in [2.24, 2.45) is 0 Å². The third-order valence-electron chi connectivity index (χ3n) is 6.22. The van der Waals surface area contributed by atoms with E-state index in [1.54, 1.807) is 6.33 Å². The molecule has 4 heterocycles. The molecule has 1 fully saturated rings. The first-order valence-electron chi connectivity index (χ1n) is 11.2. The molecule has 1 atom stereocenters. The molecular weight excluding hydrogens is 454 g/mol. The van der Waals surface area contributed by atoms with Gasteiger partial charge in [-0.1, -0.05) is 18.2 Å². The average molecular weight is 482 g/mol. The molecule has 0 aliphatic carbocycles. The van der Waals surface area contributed by atoms with Gasteiger partial charge >= 0.3 is 0 Å². The van der Waals surface area contributed by atoms with Crippen molar-refractivity contribution in [2.75, 3.05) is 24.7 Å². The van der Waals surface area contributed by atoms with Crippen molar-refractivity contribution >= 4 is 37.8 Å². The van der Waals surface area contributed by atoms with E-state index in [2.05, 4.69) is 37.4 Å². The van der Waals surface area contributed by atoms with Gasteiger partial charge in [-0.05, 0) is 43.7 Å². The number of nitrogens with one attached hydrogen (secondary N) is 2. The largest absolute Gasteiger partial charge is 0.474 e. The van der Waals surface area contributed by atoms with Crippen molar-refractivity contribution < 1.29 is 13.2 Å². The number of benzene rings is 1. The van der Waals surface area contributed by atoms with Crippen LogP contribution in [0.4, 0.5) is 5.82 Å². The zero-order valence-electron chi connectivity index (χ0n) is 19.3. The predicted octanol–water partition coefficient (Wildman–Crippen LogP) is 3.19. The number of aryl methyl sites for hydroxylation is 1. The molecule has 34 heavy (non-hydrogen) atoms. The van der Waals surface area contributed by atoms with Gasteiger partial charge in [-0.15, -0.1) is 0 Å². The van der Waals surface area contributed by atoms with Crippen molar-refractivity contribution in [3.63, 3.8) is 0 Å². The molecule has 4 aromatic rings. The Balaban J connectivity index is 1.44. The van der Waals surface area contributed by atoms with Gasteiger partial charge in [0.2, 0.25) is 15.9 Å². The van der Waals surface area contributed by atoms with E-state index in [1.165, 1.54) is 16.9 Å². The van der Waals surface area contributed by atoms with Crippen LogP contribution < -0.4 is 10.1 Å². The van der Waals surface area contributed by atoms with Crippen molar-refractivity contribution in [2.45, 2.75) is 38.8 Å². The highest BCUT2D eigenvalue weighted by Gasteiger charge is 2.27. The van der Waals surface area contributed by atoms with Gasteiger partial charge in [-0.2, -0.15) is 0 Å². The SMILES string of the molecule is Cc1cccc2cc([C@@H](C)Nc3ncnc4[nH]cnc34)nc(OC3CCN(S(C)(=O)=O)CC3)c12. The van der Waals surface area contributed by atoms with Crippen LogP contribution in [0.1, 0.15) is 37.1 Å². The van der Waals surface area contributed by atoms with Crippen LogP contribution in [0.5, 0.6) is 5.88 Å². The Morgan fingerprint density at radius 2 is 2.00 bits per heavy atom. The number of sulfonamides is 1. The van der Waals surface area contributed by atoms with Gasteiger partial charge in [0.05, 0.1) is 24.3 Å². The van der Waals surface area contributed by atoms with Crippen LogP contribution in [0.3, 0.4) is 0 Å². The average Bonchev–Trinajstić information content (AvgIpc) is 3.29. The van der Waals surface area contributed by atoms with Crippen LogP contribution >= 0.6 is 0 Å². The molecule has 1 saturated heterocycles. The second-order valence-corrected chi connectivity index (χ2v) is 10.7. The van der Waals surface area contributed by atoms with Crippen molar-refractivity contribution in [1.29, 1.82) is 0 Å². The maximum absolute atomic E-state index is 11.9. The summed E-state index contributed by atoms with van der Waals surface area (Å²) < 4.78 is 31.6. The monoisotopic (exact) mass is 481 g/mol. The first kappa shape index (κ1) is 22.5. The summed E-state index contributed by atoms with van der Waals surface area (Å²) in [5.41, 5.74) is 3.22. The lowest BCUT2D eigenvalue weighted by atomic mass is 10.0. The van der Waals surface area contributed by atoms with Gasteiger partial charge in [-0.25, -0.2) is 32.7 Å². The minimum Gasteiger partial charge on any atom is -0.474 e. The quantitative estimate of drug-likeness (QED) is 0.430. The minimum atomic E-state index is -3.19. The molecule has 1 aliphatic rings. The number of hydrogen-bond donors (Lipinski definition) is 2. The molecule has 0 saturated carbocycles. The van der Waals surface area contributed by atoms with E-state index in [1.807, 2.05) is 26.0 Å². The van der Waals surface area contributed by atoms with Crippen molar-refractivity contribution in [3.8, 4) is 5.88 Å². The number of pyridine rings is 1. The van der Waals surface area contributed by atoms with Crippen LogP contribution in [-0.4, -0.2) is 63.1 Å². The van der Waals surface area contributed by atoms with Gasteiger partial charge in [0, 0.05) is 18.5 Å². The number of hydrogen-bond acceptors (Lipinski definition) is 8. The van der Waals surface area contributed by atoms with Gasteiger partial charge in [0.25, 0.3) is 0 Å². The number of nitrogens with zero attached hydrogens (tertiary/aromatic N) is 5. The molecule has 0 unspecified atom stereocenters. The summed E-state index contributed by atoms with van der Waals surface area (Å²) in [5, 5.41) is 5.40. The lowest BCUT2D eigenvalue weighted by molar-refractivity contribution is 0.131. The van der Waals surface area contributed by atoms with E-state index in [-0.39, 0.29) is 12.1 Å². The normalized spacial score (nSPS) is 16.7. The van der Waals surface area contributed by atoms with Crippen LogP contribution in [0.15, 0.2) is 36.9 Å². The van der Waals surface area contributed by atoms with Gasteiger partial charge in [0.15, 0.2) is 11.5 Å². The Kier molecular flexibility index (Phi) is 5.82. The Hall–Kier alpha value is -3.31. The molecule has 0 radical (unpaired) electrons. The summed E-state index contributed by atoms with van der Waals surface area (Å²) in [6.45, 7) is 4.95. The summed E-state index contributed by atoms with van der Waals surface area (Å²) in [4.78, 5) is 20.7. The number of aromatic nitrogens is 5. The molecule has 5 rings (SSSR count). The first-order chi connectivity index (χ1) is 16.3. The number of anilines is 1. The number of piperidine rings is 1. The molecule has 2 N–H and O–H groups in total. The van der Waals surface area contributed by atoms with E-state index in [4.69, 9.17) is 9.72 Å². The molecule has 1 aromatic carbocycles. The van der Waals surface area contributed by atoms with Crippen molar-refractivity contribution in [1.82, 2.24) is 29.2 Å². The van der Waals surface area contributed by atoms with Crippen molar-refractivity contribution in [3.05, 3.63) is 48.2 Å². The molecule has 10 nitrogen and oxygen atoms in total. The standard InChI is InChI=1S/C23H27N7O3S/c1-14-5-4-6-16-11-18(15(2)28-22-20-21(25-12-24-20)26-13-27-22)29-23(19(14)16)33-17-7-9-30(10-8-17)34(3,31)32/h4-6,11-13,15,17H,7-10H2,1-3H3,(H2,24,25,26,27,28)/t15-/m1/s1. The summed E-state index contributed by atoms with van der Waals surface area (Å²) in [7, 11) is -3.19. The fourth-order valence-electron chi connectivity index (χ4n) is 4.36. The first-order valence-corrected chi connectivity index (χ1v) is 13.1. The fourth-order valence-corrected chi connectivity index (χ4v) is 5.24. The molecule has 0 bridgehead atoms. The zero-order chi connectivity index (χ0) is 23.9. The van der Waals surface area contributed by atoms with Crippen LogP contribution in [0, 0.1) is 6.92 Å². The van der Waals surface area contributed by atoms with E-state index in [9.17, 15) is 8.42 Å². The van der Waals surface area contributed by atoms with E-state index >= 15 is 0 Å². The number of aromatic amines is 1. The third-order valence-corrected chi connectivity index (χ3v) is 7.52. The number of fused-ring (bicyclic) bond motifs is 2. The number of ether oxygens (including phenoxy) is 1. The Labute approximate surface area is 197 Å². The number of rotatable bonds is 6. The van der Waals surface area contributed by atoms with Crippen LogP contribution in [0.25, 0.3) is 21.9 Å². The smallest absolute Gasteiger partial charge is 0.222 e. The van der Waals surface area contributed by atoms with E-state index < -0.39 is 10.0 Å². The summed E-state index contributed by atoms with van der Waals surface area (Å²) in [6.07, 6.45) is 5.48. The van der Waals surface area contributed by atoms with Crippen LogP contribution in [0.2, 0.25) is 0 Å². The molecule has 0 spiro atoms. The lowest BCUT2D eigenvalue weighted by Crippen LogP contribution is -2.41. The Morgan fingerprint density at radius 3 is 2.76 bits per heavy atom. The highest BCUT2D eigenvalue weighted by molar-refractivity contribution is 7.88. The van der Waals surface area contributed by atoms with Gasteiger partial charge in [-0.3, -0.25) is 0 Å². The maximum Gasteiger partial charge on any atom is 0.222 e. The molecule has 11 heteroatoms. The van der Waals surface area contributed by atoms with E-state index in [0.29, 0.717) is 48.8 Å². The molecule has 0 amide bonds. The minimum absolute atomic E-state index is 0.0997. The summed E-state index contributed by atoms with van der Waals surface area (Å²) in [5.74, 6) is 1.20. The van der Waals surface area contributed by atoms with Gasteiger partial charge < -0.3 is 15.0 Å². The van der Waals surface area contributed by atoms with Crippen LogP contribution in [-0.2, 0) is 10.0 Å². The summed E-state index contributed by atoms with van der Waals surface area (Å²) in [6, 6.07) is 8.00. The lowest BCUT2D eigenvalue weighted by Gasteiger charge is -2.30. The topological polar surface area (TPSA) is 126 Å². The predicted molar refractivity (Wildman–Crippen MR) is 130 cm³/mol. The Bertz CT molecular complexity index is 1450. The maximum atomic E-state index is 11.9. The highest BCUT2D eigenvalue weighted by atomic mass is 32.2. The highest BCUT2D eigenvalue weighted by Crippen LogP contribution is 2.32. The third kappa shape index (κ3) is 4.40. The fraction of sp³-hybridized carbons (Fsp3) is 0.391. The Morgan fingerprint density at radius 1 is 1.21 bits per heavy atom. The molecule has 178 valence electrons. The second-order valence-electron chi connectivity index (χ2n) is 8.69. The number of imidazole rings is 1. The van der Waals surface area contributed by atoms with Gasteiger partial charge in [0.1, 0.15) is 17.9 Å².